The van der Waals surface area contributed by atoms with Crippen LogP contribution in [-0.2, 0) is 19.1 Å². The summed E-state index contributed by atoms with van der Waals surface area (Å²) in [6.07, 6.45) is 1.18. The Labute approximate surface area is 170 Å². The maximum atomic E-state index is 13.1. The molecule has 150 valence electrons. The molecule has 28 heavy (non-hydrogen) atoms. The number of nitrogens with one attached hydrogen (secondary N) is 1. The molecule has 0 saturated carbocycles. The third-order valence-corrected chi connectivity index (χ3v) is 5.40. The van der Waals surface area contributed by atoms with Crippen molar-refractivity contribution in [1.29, 1.82) is 0 Å². The fourth-order valence-corrected chi connectivity index (χ4v) is 4.22. The van der Waals surface area contributed by atoms with Crippen molar-refractivity contribution in [3.8, 4) is 0 Å². The average Bonchev–Trinajstić information content (AvgIpc) is 2.59. The number of methoxy groups -OCH3 is 1. The van der Waals surface area contributed by atoms with Gasteiger partial charge in [-0.3, -0.25) is 4.79 Å². The minimum absolute atomic E-state index is 0.0541. The van der Waals surface area contributed by atoms with Crippen molar-refractivity contribution >= 4 is 23.4 Å². The predicted molar refractivity (Wildman–Crippen MR) is 108 cm³/mol. The van der Waals surface area contributed by atoms with Crippen LogP contribution in [0.3, 0.4) is 0 Å². The second-order valence-corrected chi connectivity index (χ2v) is 8.55. The molecule has 0 fully saturated rings. The number of rotatable bonds is 5. The fourth-order valence-electron chi connectivity index (χ4n) is 4.02. The van der Waals surface area contributed by atoms with Gasteiger partial charge in [0, 0.05) is 41.4 Å². The third-order valence-electron chi connectivity index (χ3n) is 5.16. The lowest BCUT2D eigenvalue weighted by atomic mass is 9.68. The molecule has 5 nitrogen and oxygen atoms in total. The number of halogens is 1. The van der Waals surface area contributed by atoms with Crippen molar-refractivity contribution in [2.45, 2.75) is 39.5 Å². The summed E-state index contributed by atoms with van der Waals surface area (Å²) in [5, 5.41) is 3.88. The van der Waals surface area contributed by atoms with E-state index >= 15 is 0 Å². The van der Waals surface area contributed by atoms with Gasteiger partial charge in [-0.2, -0.15) is 0 Å². The number of carbonyl (C=O) groups excluding carboxylic acids is 2. The van der Waals surface area contributed by atoms with Gasteiger partial charge in [-0.1, -0.05) is 37.6 Å². The zero-order valence-corrected chi connectivity index (χ0v) is 17.5. The molecule has 1 heterocycles. The summed E-state index contributed by atoms with van der Waals surface area (Å²) >= 11 is 6.22. The van der Waals surface area contributed by atoms with Crippen molar-refractivity contribution in [1.82, 2.24) is 5.32 Å². The standard InChI is InChI=1S/C22H26ClNO4/c1-13-18(21(26)28-9-8-27-4)19(14-6-5-7-15(23)10-14)20-16(24-13)11-22(2,3)12-17(20)25/h5-7,10,19,24H,8-9,11-12H2,1-4H3. The van der Waals surface area contributed by atoms with Gasteiger partial charge in [-0.15, -0.1) is 0 Å². The SMILES string of the molecule is COCCOC(=O)C1=C(C)NC2=C(C(=O)CC(C)(C)C2)C1c1cccc(Cl)c1. The number of ether oxygens (including phenoxy) is 2. The molecule has 1 aromatic rings. The predicted octanol–water partition coefficient (Wildman–Crippen LogP) is 4.13. The van der Waals surface area contributed by atoms with E-state index in [-0.39, 0.29) is 17.8 Å². The molecule has 0 amide bonds. The summed E-state index contributed by atoms with van der Waals surface area (Å²) in [7, 11) is 1.55. The van der Waals surface area contributed by atoms with Gasteiger partial charge in [0.05, 0.1) is 12.2 Å². The van der Waals surface area contributed by atoms with Gasteiger partial charge in [-0.25, -0.2) is 4.79 Å². The highest BCUT2D eigenvalue weighted by Crippen LogP contribution is 2.47. The van der Waals surface area contributed by atoms with Gasteiger partial charge >= 0.3 is 5.97 Å². The van der Waals surface area contributed by atoms with Crippen molar-refractivity contribution in [3.05, 3.63) is 57.4 Å². The number of allylic oxidation sites excluding steroid dienone is 3. The maximum Gasteiger partial charge on any atom is 0.336 e. The lowest BCUT2D eigenvalue weighted by Gasteiger charge is -2.39. The summed E-state index contributed by atoms with van der Waals surface area (Å²) in [5.74, 6) is -0.886. The van der Waals surface area contributed by atoms with E-state index in [1.165, 1.54) is 0 Å². The van der Waals surface area contributed by atoms with Crippen LogP contribution >= 0.6 is 11.6 Å². The summed E-state index contributed by atoms with van der Waals surface area (Å²) in [6.45, 7) is 6.48. The minimum atomic E-state index is -0.492. The Hall–Kier alpha value is -2.11. The van der Waals surface area contributed by atoms with Gasteiger partial charge in [0.1, 0.15) is 6.61 Å². The largest absolute Gasteiger partial charge is 0.460 e. The van der Waals surface area contributed by atoms with E-state index in [1.54, 1.807) is 13.2 Å². The zero-order valence-electron chi connectivity index (χ0n) is 16.7. The number of esters is 1. The first kappa shape index (κ1) is 20.6. The Bertz CT molecular complexity index is 869. The molecular weight excluding hydrogens is 378 g/mol. The molecule has 0 bridgehead atoms. The number of Topliss-reactive ketones (excluding diaryl/α,β-unsaturated/α-hetero) is 1. The Morgan fingerprint density at radius 1 is 1.29 bits per heavy atom. The number of hydrogen-bond acceptors (Lipinski definition) is 5. The minimum Gasteiger partial charge on any atom is -0.460 e. The van der Waals surface area contributed by atoms with Crippen LogP contribution < -0.4 is 5.32 Å². The van der Waals surface area contributed by atoms with Crippen molar-refractivity contribution in [3.63, 3.8) is 0 Å². The van der Waals surface area contributed by atoms with E-state index in [9.17, 15) is 9.59 Å². The third kappa shape index (κ3) is 4.15. The van der Waals surface area contributed by atoms with Crippen LogP contribution in [0.15, 0.2) is 46.8 Å². The van der Waals surface area contributed by atoms with Crippen LogP contribution in [0.25, 0.3) is 0 Å². The molecule has 1 atom stereocenters. The maximum absolute atomic E-state index is 13.1. The molecule has 0 radical (unpaired) electrons. The molecule has 3 rings (SSSR count). The quantitative estimate of drug-likeness (QED) is 0.591. The second kappa shape index (κ2) is 8.10. The van der Waals surface area contributed by atoms with E-state index in [2.05, 4.69) is 19.2 Å². The van der Waals surface area contributed by atoms with Crippen molar-refractivity contribution in [2.75, 3.05) is 20.3 Å². The molecule has 2 aliphatic rings. The number of carbonyl (C=O) groups is 2. The number of hydrogen-bond donors (Lipinski definition) is 1. The smallest absolute Gasteiger partial charge is 0.336 e. The molecule has 1 N–H and O–H groups in total. The van der Waals surface area contributed by atoms with Crippen LogP contribution in [0.4, 0.5) is 0 Å². The highest BCUT2D eigenvalue weighted by atomic mass is 35.5. The lowest BCUT2D eigenvalue weighted by molar-refractivity contribution is -0.140. The number of ketones is 1. The summed E-state index contributed by atoms with van der Waals surface area (Å²) in [6, 6.07) is 7.32. The number of benzene rings is 1. The summed E-state index contributed by atoms with van der Waals surface area (Å²) in [5.41, 5.74) is 3.37. The molecule has 1 aliphatic heterocycles. The normalized spacial score (nSPS) is 21.3. The van der Waals surface area contributed by atoms with E-state index in [1.807, 2.05) is 25.1 Å². The van der Waals surface area contributed by atoms with Crippen LogP contribution in [0, 0.1) is 5.41 Å². The Balaban J connectivity index is 2.09. The molecule has 6 heteroatoms. The van der Waals surface area contributed by atoms with Crippen LogP contribution in [0.1, 0.15) is 45.1 Å². The molecule has 1 aliphatic carbocycles. The first-order chi connectivity index (χ1) is 13.2. The Morgan fingerprint density at radius 3 is 2.71 bits per heavy atom. The van der Waals surface area contributed by atoms with E-state index < -0.39 is 11.9 Å². The van der Waals surface area contributed by atoms with Gasteiger partial charge in [0.2, 0.25) is 0 Å². The highest BCUT2D eigenvalue weighted by molar-refractivity contribution is 6.30. The van der Waals surface area contributed by atoms with Gasteiger partial charge in [-0.05, 0) is 36.5 Å². The van der Waals surface area contributed by atoms with Gasteiger partial charge in [0.25, 0.3) is 0 Å². The van der Waals surface area contributed by atoms with E-state index in [0.29, 0.717) is 34.9 Å². The molecule has 1 unspecified atom stereocenters. The van der Waals surface area contributed by atoms with Gasteiger partial charge < -0.3 is 14.8 Å². The van der Waals surface area contributed by atoms with Crippen molar-refractivity contribution < 1.29 is 19.1 Å². The summed E-state index contributed by atoms with van der Waals surface area (Å²) in [4.78, 5) is 26.0. The van der Waals surface area contributed by atoms with Crippen molar-refractivity contribution in [2.24, 2.45) is 5.41 Å². The first-order valence-corrected chi connectivity index (χ1v) is 9.77. The zero-order chi connectivity index (χ0) is 20.5. The van der Waals surface area contributed by atoms with E-state index in [4.69, 9.17) is 21.1 Å². The first-order valence-electron chi connectivity index (χ1n) is 9.39. The fraction of sp³-hybridized carbons (Fsp3) is 0.455. The second-order valence-electron chi connectivity index (χ2n) is 8.11. The molecule has 1 aromatic carbocycles. The van der Waals surface area contributed by atoms with Gasteiger partial charge in [0.15, 0.2) is 5.78 Å². The monoisotopic (exact) mass is 403 g/mol. The lowest BCUT2D eigenvalue weighted by Crippen LogP contribution is -2.38. The van der Waals surface area contributed by atoms with Crippen LogP contribution in [-0.4, -0.2) is 32.1 Å². The van der Waals surface area contributed by atoms with E-state index in [0.717, 1.165) is 17.7 Å². The average molecular weight is 404 g/mol. The molecule has 0 spiro atoms. The topological polar surface area (TPSA) is 64.6 Å². The Kier molecular flexibility index (Phi) is 5.96. The summed E-state index contributed by atoms with van der Waals surface area (Å²) < 4.78 is 10.4. The Morgan fingerprint density at radius 2 is 2.04 bits per heavy atom. The molecule has 0 saturated heterocycles. The van der Waals surface area contributed by atoms with Crippen LogP contribution in [0.5, 0.6) is 0 Å². The number of dihydropyridines is 1. The molecule has 0 aromatic heterocycles. The highest BCUT2D eigenvalue weighted by Gasteiger charge is 2.43. The van der Waals surface area contributed by atoms with Crippen LogP contribution in [0.2, 0.25) is 5.02 Å². The molecular formula is C22H26ClNO4.